The molecule has 7 nitrogen and oxygen atoms in total. The van der Waals surface area contributed by atoms with Crippen LogP contribution < -0.4 is 14.8 Å². The Morgan fingerprint density at radius 3 is 2.52 bits per heavy atom. The third kappa shape index (κ3) is 4.93. The second kappa shape index (κ2) is 8.40. The molecule has 4 rings (SSSR count). The Morgan fingerprint density at radius 2 is 1.85 bits per heavy atom. The van der Waals surface area contributed by atoms with Crippen molar-refractivity contribution in [3.63, 3.8) is 0 Å². The topological polar surface area (TPSA) is 105 Å². The van der Waals surface area contributed by atoms with E-state index in [1.54, 1.807) is 30.3 Å². The molecule has 0 aromatic heterocycles. The average Bonchev–Trinajstić information content (AvgIpc) is 2.73. The summed E-state index contributed by atoms with van der Waals surface area (Å²) < 4.78 is 45.7. The van der Waals surface area contributed by atoms with Crippen LogP contribution in [0.15, 0.2) is 71.6 Å². The number of halogens is 1. The second-order valence-electron chi connectivity index (χ2n) is 8.61. The van der Waals surface area contributed by atoms with Gasteiger partial charge in [0.25, 0.3) is 10.0 Å². The fraction of sp³-hybridized carbons (Fsp3) is 0.208. The van der Waals surface area contributed by atoms with Gasteiger partial charge in [-0.3, -0.25) is 4.72 Å². The Bertz CT molecular complexity index is 1310. The van der Waals surface area contributed by atoms with Crippen LogP contribution in [0.25, 0.3) is 0 Å². The van der Waals surface area contributed by atoms with Crippen LogP contribution in [-0.2, 0) is 16.4 Å². The van der Waals surface area contributed by atoms with Gasteiger partial charge in [0.1, 0.15) is 11.6 Å². The van der Waals surface area contributed by atoms with Crippen molar-refractivity contribution in [3.05, 3.63) is 83.7 Å². The minimum absolute atomic E-state index is 0.0647. The number of sulfonamides is 1. The Kier molecular flexibility index (Phi) is 5.75. The molecule has 3 aromatic carbocycles. The normalized spacial score (nSPS) is 16.9. The van der Waals surface area contributed by atoms with Gasteiger partial charge in [0.2, 0.25) is 0 Å². The molecule has 9 heteroatoms. The van der Waals surface area contributed by atoms with E-state index in [0.29, 0.717) is 12.1 Å². The highest BCUT2D eigenvalue weighted by molar-refractivity contribution is 7.92. The van der Waals surface area contributed by atoms with Crippen LogP contribution in [0.5, 0.6) is 5.75 Å². The third-order valence-corrected chi connectivity index (χ3v) is 6.99. The van der Waals surface area contributed by atoms with Gasteiger partial charge in [-0.1, -0.05) is 32.0 Å². The van der Waals surface area contributed by atoms with Gasteiger partial charge in [0.15, 0.2) is 0 Å². The molecular weight excluding hydrogens is 447 g/mol. The number of fused-ring (bicyclic) bond motifs is 1. The van der Waals surface area contributed by atoms with Gasteiger partial charge in [-0.15, -0.1) is 0 Å². The van der Waals surface area contributed by atoms with Crippen LogP contribution in [-0.4, -0.2) is 19.7 Å². The quantitative estimate of drug-likeness (QED) is 0.340. The van der Waals surface area contributed by atoms with E-state index in [1.807, 2.05) is 12.1 Å². The molecule has 1 unspecified atom stereocenters. The lowest BCUT2D eigenvalue weighted by Gasteiger charge is -2.41. The first-order chi connectivity index (χ1) is 15.5. The van der Waals surface area contributed by atoms with Crippen LogP contribution in [0, 0.1) is 11.2 Å². The Balaban J connectivity index is 1.54. The molecule has 0 radical (unpaired) electrons. The molecule has 0 spiro atoms. The van der Waals surface area contributed by atoms with Crippen molar-refractivity contribution in [2.24, 2.45) is 5.41 Å². The summed E-state index contributed by atoms with van der Waals surface area (Å²) in [5.41, 5.74) is 2.94. The Labute approximate surface area is 191 Å². The minimum atomic E-state index is -3.91. The second-order valence-corrected chi connectivity index (χ2v) is 10.3. The number of carboxylic acid groups (broad SMARTS) is 1. The van der Waals surface area contributed by atoms with E-state index in [1.165, 1.54) is 18.2 Å². The first kappa shape index (κ1) is 22.6. The van der Waals surface area contributed by atoms with Crippen LogP contribution in [0.1, 0.15) is 31.0 Å². The zero-order valence-corrected chi connectivity index (χ0v) is 18.8. The van der Waals surface area contributed by atoms with E-state index in [0.717, 1.165) is 22.9 Å². The maximum atomic E-state index is 13.4. The molecule has 33 heavy (non-hydrogen) atoms. The number of carbonyl (C=O) groups is 1. The summed E-state index contributed by atoms with van der Waals surface area (Å²) in [6, 6.07) is 16.9. The number of ether oxygens (including phenoxy) is 1. The van der Waals surface area contributed by atoms with Crippen molar-refractivity contribution in [1.82, 2.24) is 0 Å². The monoisotopic (exact) mass is 470 g/mol. The summed E-state index contributed by atoms with van der Waals surface area (Å²) in [7, 11) is -3.91. The molecule has 0 saturated carbocycles. The van der Waals surface area contributed by atoms with Crippen molar-refractivity contribution in [3.8, 4) is 5.75 Å². The first-order valence-electron chi connectivity index (χ1n) is 10.2. The van der Waals surface area contributed by atoms with E-state index in [4.69, 9.17) is 9.84 Å². The number of benzene rings is 3. The van der Waals surface area contributed by atoms with Gasteiger partial charge in [-0.2, -0.15) is 0 Å². The fourth-order valence-corrected chi connectivity index (χ4v) is 5.18. The largest absolute Gasteiger partial charge is 0.511 e. The summed E-state index contributed by atoms with van der Waals surface area (Å²) in [4.78, 5) is 10.7. The molecule has 0 bridgehead atoms. The molecule has 172 valence electrons. The van der Waals surface area contributed by atoms with Gasteiger partial charge in [0.05, 0.1) is 10.9 Å². The van der Waals surface area contributed by atoms with Crippen LogP contribution >= 0.6 is 0 Å². The lowest BCUT2D eigenvalue weighted by atomic mass is 9.73. The summed E-state index contributed by atoms with van der Waals surface area (Å²) in [5.74, 6) is -0.354. The summed E-state index contributed by atoms with van der Waals surface area (Å²) in [5, 5.41) is 12.3. The third-order valence-electron chi connectivity index (χ3n) is 5.61. The zero-order valence-electron chi connectivity index (χ0n) is 18.0. The molecule has 1 aliphatic rings. The van der Waals surface area contributed by atoms with Gasteiger partial charge in [0, 0.05) is 11.4 Å². The summed E-state index contributed by atoms with van der Waals surface area (Å²) in [6.07, 6.45) is -0.672. The van der Waals surface area contributed by atoms with Crippen LogP contribution in [0.2, 0.25) is 0 Å². The molecule has 0 aliphatic carbocycles. The predicted octanol–water partition coefficient (Wildman–Crippen LogP) is 5.42. The maximum absolute atomic E-state index is 13.4. The lowest BCUT2D eigenvalue weighted by Crippen LogP contribution is -2.35. The number of rotatable bonds is 5. The number of anilines is 2. The minimum Gasteiger partial charge on any atom is -0.449 e. The molecule has 0 fully saturated rings. The van der Waals surface area contributed by atoms with E-state index < -0.39 is 22.0 Å². The van der Waals surface area contributed by atoms with Crippen molar-refractivity contribution in [2.45, 2.75) is 31.2 Å². The molecule has 1 heterocycles. The number of nitrogens with one attached hydrogen (secondary N) is 2. The van der Waals surface area contributed by atoms with E-state index >= 15 is 0 Å². The summed E-state index contributed by atoms with van der Waals surface area (Å²) >= 11 is 0. The highest BCUT2D eigenvalue weighted by Gasteiger charge is 2.36. The number of hydrogen-bond donors (Lipinski definition) is 3. The number of hydrogen-bond acceptors (Lipinski definition) is 5. The molecule has 3 aromatic rings. The predicted molar refractivity (Wildman–Crippen MR) is 123 cm³/mol. The maximum Gasteiger partial charge on any atom is 0.511 e. The first-order valence-corrected chi connectivity index (χ1v) is 11.7. The SMILES string of the molecule is CC1(C)Cc2cc(OC(=O)O)ccc2NC1c1ccc(NS(=O)(=O)c2cccc(F)c2)cc1. The summed E-state index contributed by atoms with van der Waals surface area (Å²) in [6.45, 7) is 4.19. The standard InChI is InChI=1S/C24H23FN2O5S/c1-24(2)14-16-12-19(32-23(28)29)10-11-21(16)26-22(24)15-6-8-18(9-7-15)27-33(30,31)20-5-3-4-17(25)13-20/h3-13,22,26-27H,14H2,1-2H3,(H,28,29). The van der Waals surface area contributed by atoms with E-state index in [-0.39, 0.29) is 22.1 Å². The highest BCUT2D eigenvalue weighted by atomic mass is 32.2. The van der Waals surface area contributed by atoms with Crippen molar-refractivity contribution in [1.29, 1.82) is 0 Å². The lowest BCUT2D eigenvalue weighted by molar-refractivity contribution is 0.144. The van der Waals surface area contributed by atoms with Crippen LogP contribution in [0.4, 0.5) is 20.6 Å². The molecule has 0 amide bonds. The highest BCUT2D eigenvalue weighted by Crippen LogP contribution is 2.45. The molecule has 0 saturated heterocycles. The fourth-order valence-electron chi connectivity index (χ4n) is 4.09. The van der Waals surface area contributed by atoms with Crippen molar-refractivity contribution >= 4 is 27.6 Å². The molecule has 1 aliphatic heterocycles. The van der Waals surface area contributed by atoms with Gasteiger partial charge in [-0.25, -0.2) is 17.6 Å². The van der Waals surface area contributed by atoms with Crippen molar-refractivity contribution < 1.29 is 27.4 Å². The molecule has 1 atom stereocenters. The molecular formula is C24H23FN2O5S. The van der Waals surface area contributed by atoms with E-state index in [2.05, 4.69) is 23.9 Å². The van der Waals surface area contributed by atoms with E-state index in [9.17, 15) is 17.6 Å². The van der Waals surface area contributed by atoms with Gasteiger partial charge >= 0.3 is 6.16 Å². The smallest absolute Gasteiger partial charge is 0.449 e. The van der Waals surface area contributed by atoms with Gasteiger partial charge < -0.3 is 15.2 Å². The molecule has 3 N–H and O–H groups in total. The Hall–Kier alpha value is -3.59. The van der Waals surface area contributed by atoms with Gasteiger partial charge in [-0.05, 0) is 71.5 Å². The average molecular weight is 471 g/mol. The van der Waals surface area contributed by atoms with Crippen molar-refractivity contribution in [2.75, 3.05) is 10.0 Å². The van der Waals surface area contributed by atoms with Crippen LogP contribution in [0.3, 0.4) is 0 Å². The zero-order chi connectivity index (χ0) is 23.8. The Morgan fingerprint density at radius 1 is 1.12 bits per heavy atom.